The number of hydrogen-bond acceptors (Lipinski definition) is 7. The molecule has 11 heteroatoms. The van der Waals surface area contributed by atoms with Crippen molar-refractivity contribution >= 4 is 35.5 Å². The fraction of sp³-hybridized carbons (Fsp3) is 0.0625. The lowest BCUT2D eigenvalue weighted by Gasteiger charge is -2.14. The van der Waals surface area contributed by atoms with Gasteiger partial charge in [-0.25, -0.2) is 9.78 Å². The molecule has 1 aromatic heterocycles. The molecule has 27 heavy (non-hydrogen) atoms. The number of nitrogens with one attached hydrogen (secondary N) is 2. The van der Waals surface area contributed by atoms with E-state index in [1.807, 2.05) is 10.6 Å². The van der Waals surface area contributed by atoms with Crippen molar-refractivity contribution in [3.8, 4) is 17.4 Å². The van der Waals surface area contributed by atoms with E-state index in [1.165, 1.54) is 31.4 Å². The van der Waals surface area contributed by atoms with Crippen LogP contribution in [0, 0.1) is 5.82 Å². The summed E-state index contributed by atoms with van der Waals surface area (Å²) in [5, 5.41) is 3.73. The second kappa shape index (κ2) is 7.38. The van der Waals surface area contributed by atoms with E-state index in [-0.39, 0.29) is 22.4 Å². The largest absolute Gasteiger partial charge is 0.493 e. The van der Waals surface area contributed by atoms with Crippen LogP contribution in [0.2, 0.25) is 5.28 Å². The highest BCUT2D eigenvalue weighted by molar-refractivity contribution is 6.31. The van der Waals surface area contributed by atoms with E-state index in [1.54, 1.807) is 0 Å². The molecule has 4 amide bonds. The van der Waals surface area contributed by atoms with Gasteiger partial charge in [0.25, 0.3) is 17.7 Å². The van der Waals surface area contributed by atoms with E-state index in [0.717, 1.165) is 6.20 Å². The average Bonchev–Trinajstić information content (AvgIpc) is 2.62. The normalized spacial score (nSPS) is 13.7. The van der Waals surface area contributed by atoms with E-state index in [4.69, 9.17) is 21.1 Å². The molecule has 3 rings (SSSR count). The highest BCUT2D eigenvalue weighted by Crippen LogP contribution is 2.33. The standard InChI is InChI=1S/C16H10ClFN4O5/c1-26-11-5-7(4-8-12(23)20-16(25)21-13(8)24)2-3-10(11)27-14-9(18)6-19-15(17)22-14/h2-6H,1H3,(H2,20,21,23,24,25). The molecule has 0 bridgehead atoms. The molecule has 9 nitrogen and oxygen atoms in total. The van der Waals surface area contributed by atoms with Gasteiger partial charge in [0.05, 0.1) is 13.3 Å². The summed E-state index contributed by atoms with van der Waals surface area (Å²) in [6.07, 6.45) is 2.11. The van der Waals surface area contributed by atoms with Crippen molar-refractivity contribution in [3.05, 3.63) is 46.6 Å². The van der Waals surface area contributed by atoms with Crippen LogP contribution in [0.3, 0.4) is 0 Å². The van der Waals surface area contributed by atoms with Gasteiger partial charge < -0.3 is 9.47 Å². The van der Waals surface area contributed by atoms with Crippen molar-refractivity contribution in [2.24, 2.45) is 0 Å². The molecule has 0 aliphatic carbocycles. The Balaban J connectivity index is 1.91. The number of rotatable bonds is 4. The first kappa shape index (κ1) is 18.3. The molecule has 0 saturated carbocycles. The molecule has 1 fully saturated rings. The first-order valence-electron chi connectivity index (χ1n) is 7.29. The Hall–Kier alpha value is -3.53. The topological polar surface area (TPSA) is 120 Å². The lowest BCUT2D eigenvalue weighted by molar-refractivity contribution is -0.123. The molecule has 2 heterocycles. The summed E-state index contributed by atoms with van der Waals surface area (Å²) < 4.78 is 24.3. The Morgan fingerprint density at radius 1 is 1.15 bits per heavy atom. The molecule has 2 N–H and O–H groups in total. The molecule has 138 valence electrons. The number of carbonyl (C=O) groups excluding carboxylic acids is 3. The summed E-state index contributed by atoms with van der Waals surface area (Å²) in [4.78, 5) is 41.7. The van der Waals surface area contributed by atoms with E-state index in [2.05, 4.69) is 9.97 Å². The van der Waals surface area contributed by atoms with Gasteiger partial charge in [0.2, 0.25) is 11.1 Å². The number of benzene rings is 1. The lowest BCUT2D eigenvalue weighted by Crippen LogP contribution is -2.51. The maximum atomic E-state index is 13.7. The molecule has 1 aliphatic heterocycles. The van der Waals surface area contributed by atoms with Crippen LogP contribution >= 0.6 is 11.6 Å². The monoisotopic (exact) mass is 392 g/mol. The fourth-order valence-electron chi connectivity index (χ4n) is 2.14. The second-order valence-electron chi connectivity index (χ2n) is 5.10. The molecule has 1 aromatic carbocycles. The quantitative estimate of drug-likeness (QED) is 0.462. The van der Waals surface area contributed by atoms with Gasteiger partial charge in [-0.1, -0.05) is 6.07 Å². The number of aromatic nitrogens is 2. The molecule has 1 aliphatic rings. The van der Waals surface area contributed by atoms with Gasteiger partial charge >= 0.3 is 6.03 Å². The Bertz CT molecular complexity index is 973. The van der Waals surface area contributed by atoms with Crippen molar-refractivity contribution in [3.63, 3.8) is 0 Å². The fourth-order valence-corrected chi connectivity index (χ4v) is 2.26. The van der Waals surface area contributed by atoms with Crippen LogP contribution in [0.4, 0.5) is 9.18 Å². The van der Waals surface area contributed by atoms with Crippen LogP contribution in [-0.2, 0) is 9.59 Å². The molecule has 0 unspecified atom stereocenters. The SMILES string of the molecule is COc1cc(C=C2C(=O)NC(=O)NC2=O)ccc1Oc1nc(Cl)ncc1F. The summed E-state index contributed by atoms with van der Waals surface area (Å²) in [6, 6.07) is 3.46. The molecular weight excluding hydrogens is 383 g/mol. The van der Waals surface area contributed by atoms with Crippen LogP contribution in [0.25, 0.3) is 6.08 Å². The highest BCUT2D eigenvalue weighted by atomic mass is 35.5. The van der Waals surface area contributed by atoms with Crippen molar-refractivity contribution in [1.29, 1.82) is 0 Å². The molecule has 1 saturated heterocycles. The van der Waals surface area contributed by atoms with Crippen molar-refractivity contribution < 1.29 is 28.2 Å². The number of carbonyl (C=O) groups is 3. The number of halogens is 2. The van der Waals surface area contributed by atoms with Gasteiger partial charge in [-0.3, -0.25) is 20.2 Å². The van der Waals surface area contributed by atoms with Crippen LogP contribution in [0.5, 0.6) is 17.4 Å². The molecular formula is C16H10ClFN4O5. The van der Waals surface area contributed by atoms with E-state index >= 15 is 0 Å². The number of imide groups is 2. The second-order valence-corrected chi connectivity index (χ2v) is 5.44. The van der Waals surface area contributed by atoms with E-state index < -0.39 is 29.5 Å². The third kappa shape index (κ3) is 4.01. The van der Waals surface area contributed by atoms with Gasteiger partial charge in [0, 0.05) is 0 Å². The minimum absolute atomic E-state index is 0.112. The van der Waals surface area contributed by atoms with Crippen LogP contribution in [0.1, 0.15) is 5.56 Å². The van der Waals surface area contributed by atoms with Crippen molar-refractivity contribution in [2.45, 2.75) is 0 Å². The molecule has 0 radical (unpaired) electrons. The number of amides is 4. The van der Waals surface area contributed by atoms with Crippen LogP contribution in [0.15, 0.2) is 30.0 Å². The first-order valence-corrected chi connectivity index (χ1v) is 7.67. The maximum absolute atomic E-state index is 13.7. The number of hydrogen-bond donors (Lipinski definition) is 2. The summed E-state index contributed by atoms with van der Waals surface area (Å²) in [7, 11) is 1.35. The van der Waals surface area contributed by atoms with E-state index in [9.17, 15) is 18.8 Å². The first-order chi connectivity index (χ1) is 12.9. The maximum Gasteiger partial charge on any atom is 0.328 e. The minimum Gasteiger partial charge on any atom is -0.493 e. The van der Waals surface area contributed by atoms with E-state index in [0.29, 0.717) is 5.56 Å². The number of barbiturate groups is 1. The van der Waals surface area contributed by atoms with Crippen molar-refractivity contribution in [2.75, 3.05) is 7.11 Å². The number of ether oxygens (including phenoxy) is 2. The number of nitrogens with zero attached hydrogens (tertiary/aromatic N) is 2. The van der Waals surface area contributed by atoms with Crippen LogP contribution in [-0.4, -0.2) is 34.9 Å². The van der Waals surface area contributed by atoms with Crippen LogP contribution < -0.4 is 20.1 Å². The van der Waals surface area contributed by atoms with Crippen molar-refractivity contribution in [1.82, 2.24) is 20.6 Å². The zero-order chi connectivity index (χ0) is 19.6. The summed E-state index contributed by atoms with van der Waals surface area (Å²) in [6.45, 7) is 0. The Morgan fingerprint density at radius 3 is 2.52 bits per heavy atom. The minimum atomic E-state index is -0.894. The van der Waals surface area contributed by atoms with Gasteiger partial charge in [0.1, 0.15) is 5.57 Å². The molecule has 0 spiro atoms. The van der Waals surface area contributed by atoms with Gasteiger partial charge in [-0.15, -0.1) is 0 Å². The zero-order valence-corrected chi connectivity index (χ0v) is 14.3. The van der Waals surface area contributed by atoms with Gasteiger partial charge in [-0.05, 0) is 35.4 Å². The number of methoxy groups -OCH3 is 1. The third-order valence-electron chi connectivity index (χ3n) is 3.33. The highest BCUT2D eigenvalue weighted by Gasteiger charge is 2.27. The average molecular weight is 393 g/mol. The smallest absolute Gasteiger partial charge is 0.328 e. The van der Waals surface area contributed by atoms with Gasteiger partial charge in [0.15, 0.2) is 11.5 Å². The Morgan fingerprint density at radius 2 is 1.85 bits per heavy atom. The lowest BCUT2D eigenvalue weighted by atomic mass is 10.1. The molecule has 2 aromatic rings. The van der Waals surface area contributed by atoms with Gasteiger partial charge in [-0.2, -0.15) is 9.37 Å². The summed E-state index contributed by atoms with van der Waals surface area (Å²) in [5.41, 5.74) is 0.133. The Labute approximate surface area is 156 Å². The predicted octanol–water partition coefficient (Wildman–Crippen LogP) is 1.82. The predicted molar refractivity (Wildman–Crippen MR) is 89.7 cm³/mol. The zero-order valence-electron chi connectivity index (χ0n) is 13.6. The summed E-state index contributed by atoms with van der Waals surface area (Å²) >= 11 is 5.62. The summed E-state index contributed by atoms with van der Waals surface area (Å²) in [5.74, 6) is -2.61. The Kier molecular flexibility index (Phi) is 4.99. The third-order valence-corrected chi connectivity index (χ3v) is 3.51. The molecule has 0 atom stereocenters. The number of urea groups is 1.